The van der Waals surface area contributed by atoms with Gasteiger partial charge in [-0.25, -0.2) is 0 Å². The molecule has 0 amide bonds. The number of benzene rings is 1. The maximum atomic E-state index is 6.11. The van der Waals surface area contributed by atoms with Crippen molar-refractivity contribution in [2.75, 3.05) is 18.8 Å². The molecule has 1 heterocycles. The molecule has 1 aliphatic heterocycles. The zero-order chi connectivity index (χ0) is 9.80. The van der Waals surface area contributed by atoms with Crippen LogP contribution in [0, 0.1) is 0 Å². The van der Waals surface area contributed by atoms with E-state index in [9.17, 15) is 0 Å². The van der Waals surface area contributed by atoms with Crippen molar-refractivity contribution in [3.8, 4) is 0 Å². The Balaban J connectivity index is 1.99. The lowest BCUT2D eigenvalue weighted by Crippen LogP contribution is -2.33. The van der Waals surface area contributed by atoms with Gasteiger partial charge in [0.25, 0.3) is 0 Å². The molecule has 0 aliphatic carbocycles. The van der Waals surface area contributed by atoms with E-state index in [0.717, 1.165) is 24.5 Å². The van der Waals surface area contributed by atoms with Crippen molar-refractivity contribution in [3.05, 3.63) is 34.9 Å². The standard InChI is InChI=1S/C11H14ClNS/c12-11-4-2-1-3-9(11)7-10-8-13-5-6-14-10/h1-4,10,13H,5-8H2. The Kier molecular flexibility index (Phi) is 3.74. The summed E-state index contributed by atoms with van der Waals surface area (Å²) in [5.74, 6) is 1.22. The van der Waals surface area contributed by atoms with Crippen LogP contribution in [0.5, 0.6) is 0 Å². The zero-order valence-corrected chi connectivity index (χ0v) is 9.57. The summed E-state index contributed by atoms with van der Waals surface area (Å²) in [5, 5.41) is 5.00. The lowest BCUT2D eigenvalue weighted by molar-refractivity contribution is 0.667. The highest BCUT2D eigenvalue weighted by molar-refractivity contribution is 8.00. The second-order valence-corrected chi connectivity index (χ2v) is 5.31. The van der Waals surface area contributed by atoms with Crippen LogP contribution in [0.1, 0.15) is 5.56 Å². The van der Waals surface area contributed by atoms with Gasteiger partial charge in [0.15, 0.2) is 0 Å². The average molecular weight is 228 g/mol. The maximum absolute atomic E-state index is 6.11. The molecule has 1 fully saturated rings. The molecule has 1 aliphatic rings. The molecule has 1 atom stereocenters. The minimum Gasteiger partial charge on any atom is -0.315 e. The van der Waals surface area contributed by atoms with Gasteiger partial charge in [-0.1, -0.05) is 29.8 Å². The molecule has 1 unspecified atom stereocenters. The summed E-state index contributed by atoms with van der Waals surface area (Å²) in [6.45, 7) is 2.25. The number of hydrogen-bond donors (Lipinski definition) is 1. The minimum absolute atomic E-state index is 0.684. The third-order valence-corrected chi connectivity index (χ3v) is 4.02. The van der Waals surface area contributed by atoms with Crippen molar-refractivity contribution >= 4 is 23.4 Å². The third-order valence-electron chi connectivity index (χ3n) is 2.41. The second-order valence-electron chi connectivity index (χ2n) is 3.49. The van der Waals surface area contributed by atoms with Gasteiger partial charge in [0, 0.05) is 29.1 Å². The molecular weight excluding hydrogens is 214 g/mol. The minimum atomic E-state index is 0.684. The molecule has 2 rings (SSSR count). The number of nitrogens with one attached hydrogen (secondary N) is 1. The largest absolute Gasteiger partial charge is 0.315 e. The number of halogens is 1. The van der Waals surface area contributed by atoms with Gasteiger partial charge in [0.1, 0.15) is 0 Å². The molecule has 14 heavy (non-hydrogen) atoms. The quantitative estimate of drug-likeness (QED) is 0.834. The summed E-state index contributed by atoms with van der Waals surface area (Å²) in [6, 6.07) is 8.13. The van der Waals surface area contributed by atoms with E-state index < -0.39 is 0 Å². The summed E-state index contributed by atoms with van der Waals surface area (Å²) in [7, 11) is 0. The Morgan fingerprint density at radius 1 is 1.43 bits per heavy atom. The molecule has 1 saturated heterocycles. The van der Waals surface area contributed by atoms with Crippen molar-refractivity contribution in [2.45, 2.75) is 11.7 Å². The van der Waals surface area contributed by atoms with Crippen LogP contribution in [0.4, 0.5) is 0 Å². The summed E-state index contributed by atoms with van der Waals surface area (Å²) in [4.78, 5) is 0. The first-order valence-corrected chi connectivity index (χ1v) is 6.34. The predicted octanol–water partition coefficient (Wildman–Crippen LogP) is 2.59. The van der Waals surface area contributed by atoms with Gasteiger partial charge in [0.2, 0.25) is 0 Å². The molecule has 3 heteroatoms. The number of rotatable bonds is 2. The van der Waals surface area contributed by atoms with Crippen molar-refractivity contribution in [2.24, 2.45) is 0 Å². The van der Waals surface area contributed by atoms with E-state index in [-0.39, 0.29) is 0 Å². The molecule has 1 N–H and O–H groups in total. The van der Waals surface area contributed by atoms with Crippen LogP contribution < -0.4 is 5.32 Å². The molecular formula is C11H14ClNS. The zero-order valence-electron chi connectivity index (χ0n) is 8.00. The highest BCUT2D eigenvalue weighted by Crippen LogP contribution is 2.22. The van der Waals surface area contributed by atoms with Gasteiger partial charge in [-0.15, -0.1) is 0 Å². The first-order valence-electron chi connectivity index (χ1n) is 4.92. The van der Waals surface area contributed by atoms with E-state index in [1.54, 1.807) is 0 Å². The Bertz CT molecular complexity index is 297. The fraction of sp³-hybridized carbons (Fsp3) is 0.455. The smallest absolute Gasteiger partial charge is 0.0438 e. The van der Waals surface area contributed by atoms with Gasteiger partial charge in [-0.05, 0) is 18.1 Å². The predicted molar refractivity (Wildman–Crippen MR) is 64.3 cm³/mol. The molecule has 0 spiro atoms. The van der Waals surface area contributed by atoms with Crippen LogP contribution >= 0.6 is 23.4 Å². The Morgan fingerprint density at radius 3 is 3.00 bits per heavy atom. The normalized spacial score (nSPS) is 22.2. The van der Waals surface area contributed by atoms with Crippen LogP contribution in [-0.4, -0.2) is 24.1 Å². The third kappa shape index (κ3) is 2.66. The molecule has 1 nitrogen and oxygen atoms in total. The maximum Gasteiger partial charge on any atom is 0.0438 e. The van der Waals surface area contributed by atoms with E-state index in [4.69, 9.17) is 11.6 Å². The summed E-state index contributed by atoms with van der Waals surface area (Å²) >= 11 is 8.16. The second kappa shape index (κ2) is 5.06. The van der Waals surface area contributed by atoms with Gasteiger partial charge in [0.05, 0.1) is 0 Å². The highest BCUT2D eigenvalue weighted by atomic mass is 35.5. The molecule has 0 saturated carbocycles. The summed E-state index contributed by atoms with van der Waals surface area (Å²) in [5.41, 5.74) is 1.27. The SMILES string of the molecule is Clc1ccccc1CC1CNCCS1. The monoisotopic (exact) mass is 227 g/mol. The lowest BCUT2D eigenvalue weighted by atomic mass is 10.1. The van der Waals surface area contributed by atoms with Crippen LogP contribution in [-0.2, 0) is 6.42 Å². The first-order chi connectivity index (χ1) is 6.86. The molecule has 0 aromatic heterocycles. The lowest BCUT2D eigenvalue weighted by Gasteiger charge is -2.22. The topological polar surface area (TPSA) is 12.0 Å². The van der Waals surface area contributed by atoms with E-state index in [1.165, 1.54) is 11.3 Å². The van der Waals surface area contributed by atoms with Crippen molar-refractivity contribution in [3.63, 3.8) is 0 Å². The van der Waals surface area contributed by atoms with E-state index >= 15 is 0 Å². The molecule has 0 bridgehead atoms. The Hall–Kier alpha value is -0.180. The van der Waals surface area contributed by atoms with Crippen LogP contribution in [0.15, 0.2) is 24.3 Å². The van der Waals surface area contributed by atoms with E-state index in [1.807, 2.05) is 23.9 Å². The van der Waals surface area contributed by atoms with E-state index in [0.29, 0.717) is 5.25 Å². The van der Waals surface area contributed by atoms with Crippen LogP contribution in [0.25, 0.3) is 0 Å². The van der Waals surface area contributed by atoms with Gasteiger partial charge in [-0.2, -0.15) is 11.8 Å². The molecule has 0 radical (unpaired) electrons. The fourth-order valence-electron chi connectivity index (χ4n) is 1.66. The number of hydrogen-bond acceptors (Lipinski definition) is 2. The first kappa shape index (κ1) is 10.3. The highest BCUT2D eigenvalue weighted by Gasteiger charge is 2.14. The fourth-order valence-corrected chi connectivity index (χ4v) is 3.00. The van der Waals surface area contributed by atoms with Crippen LogP contribution in [0.3, 0.4) is 0 Å². The Morgan fingerprint density at radius 2 is 2.29 bits per heavy atom. The van der Waals surface area contributed by atoms with Crippen LogP contribution in [0.2, 0.25) is 5.02 Å². The Labute approximate surface area is 94.2 Å². The molecule has 1 aromatic rings. The molecule has 1 aromatic carbocycles. The van der Waals surface area contributed by atoms with Crippen molar-refractivity contribution < 1.29 is 0 Å². The van der Waals surface area contributed by atoms with E-state index in [2.05, 4.69) is 17.4 Å². The summed E-state index contributed by atoms with van der Waals surface area (Å²) < 4.78 is 0. The van der Waals surface area contributed by atoms with Gasteiger partial charge in [-0.3, -0.25) is 0 Å². The molecule has 76 valence electrons. The average Bonchev–Trinajstić information content (AvgIpc) is 2.23. The van der Waals surface area contributed by atoms with Gasteiger partial charge >= 0.3 is 0 Å². The summed E-state index contributed by atoms with van der Waals surface area (Å²) in [6.07, 6.45) is 1.08. The van der Waals surface area contributed by atoms with Crippen molar-refractivity contribution in [1.82, 2.24) is 5.32 Å². The number of thioether (sulfide) groups is 1. The van der Waals surface area contributed by atoms with Gasteiger partial charge < -0.3 is 5.32 Å². The van der Waals surface area contributed by atoms with Crippen molar-refractivity contribution in [1.29, 1.82) is 0 Å².